The molecule has 0 saturated heterocycles. The summed E-state index contributed by atoms with van der Waals surface area (Å²) in [5.74, 6) is 1.93. The van der Waals surface area contributed by atoms with Crippen molar-refractivity contribution < 1.29 is 40.4 Å². The molecular weight excluding hydrogens is 573 g/mol. The molecule has 0 aliphatic heterocycles. The van der Waals surface area contributed by atoms with E-state index in [4.69, 9.17) is 39.6 Å². The molecule has 0 N–H and O–H groups in total. The van der Waals surface area contributed by atoms with Crippen LogP contribution in [0.1, 0.15) is 58.7 Å². The monoisotopic (exact) mass is 604 g/mol. The number of furan rings is 2. The first kappa shape index (κ1) is 39.0. The van der Waals surface area contributed by atoms with E-state index in [1.54, 1.807) is 61.2 Å². The van der Waals surface area contributed by atoms with Gasteiger partial charge in [-0.3, -0.25) is 4.79 Å². The van der Waals surface area contributed by atoms with Crippen LogP contribution in [-0.2, 0) is 26.8 Å². The molecule has 4 aromatic rings. The van der Waals surface area contributed by atoms with Crippen LogP contribution < -0.4 is 0 Å². The van der Waals surface area contributed by atoms with Gasteiger partial charge in [0.25, 0.3) is 0 Å². The fourth-order valence-electron chi connectivity index (χ4n) is 2.14. The molecule has 0 bridgehead atoms. The molecular formula is C25H34Cl2N4O5Zn. The zero-order chi connectivity index (χ0) is 25.0. The molecule has 0 fully saturated rings. The van der Waals surface area contributed by atoms with E-state index in [2.05, 4.69) is 26.2 Å². The van der Waals surface area contributed by atoms with Gasteiger partial charge in [-0.1, -0.05) is 22.3 Å². The molecule has 0 amide bonds. The minimum absolute atomic E-state index is 0. The van der Waals surface area contributed by atoms with Crippen molar-refractivity contribution in [3.05, 3.63) is 84.3 Å². The van der Waals surface area contributed by atoms with Crippen LogP contribution in [0.15, 0.2) is 70.0 Å². The zero-order valence-electron chi connectivity index (χ0n) is 18.6. The van der Waals surface area contributed by atoms with Crippen LogP contribution in [-0.4, -0.2) is 39.4 Å². The number of halogens is 2. The number of hydrogen-bond acceptors (Lipinski definition) is 9. The molecule has 12 heteroatoms. The topological polar surface area (TPSA) is 113 Å². The Balaban J connectivity index is -0.000000451. The number of nitrogens with zero attached hydrogens (tertiary/aromatic N) is 4. The summed E-state index contributed by atoms with van der Waals surface area (Å²) in [4.78, 5) is 25.5. The molecule has 9 nitrogen and oxygen atoms in total. The Bertz CT molecular complexity index is 1000. The minimum atomic E-state index is -0.383. The van der Waals surface area contributed by atoms with Gasteiger partial charge in [0.1, 0.15) is 0 Å². The molecule has 4 aromatic heterocycles. The number of hydrogen-bond donors (Lipinski definition) is 0. The fraction of sp³-hybridized carbons (Fsp3) is 0.320. The molecule has 4 rings (SSSR count). The number of carbonyl (C=O) groups is 1. The summed E-state index contributed by atoms with van der Waals surface area (Å²) in [6, 6.07) is 10.2. The van der Waals surface area contributed by atoms with Gasteiger partial charge >= 0.3 is 27.0 Å². The van der Waals surface area contributed by atoms with E-state index in [9.17, 15) is 4.79 Å². The van der Waals surface area contributed by atoms with Crippen LogP contribution in [0.4, 0.5) is 0 Å². The average Bonchev–Trinajstić information content (AvgIpc) is 3.60. The van der Waals surface area contributed by atoms with Crippen molar-refractivity contribution in [1.29, 1.82) is 0 Å². The molecule has 0 spiro atoms. The van der Waals surface area contributed by atoms with Crippen LogP contribution in [0.2, 0.25) is 5.28 Å². The standard InChI is InChI=1S/C9H6N2O2.C9H13O3.C4H3ClN2.3CH4.ClH.Zn/c12-6-7-2-3-8(13-7)9-10-4-1-5-11-9;1-3-10-9(11-4-2)8-6-5-7-12-8;5-4-6-2-1-3-7-4;;;;;/h1-6H;5-6,9H,3-4H2,1-2H3;1-3H;3*1H4;1H;/q;-1;;;;;;+2/p-1. The Hall–Kier alpha value is -2.49. The van der Waals surface area contributed by atoms with Crippen molar-refractivity contribution in [3.63, 3.8) is 0 Å². The van der Waals surface area contributed by atoms with Crippen molar-refractivity contribution in [2.45, 2.75) is 42.4 Å². The first-order chi connectivity index (χ1) is 16.7. The normalized spacial score (nSPS) is 8.84. The van der Waals surface area contributed by atoms with Crippen molar-refractivity contribution in [2.24, 2.45) is 0 Å². The number of ether oxygens (including phenoxy) is 2. The van der Waals surface area contributed by atoms with Gasteiger partial charge in [-0.05, 0) is 61.7 Å². The molecule has 37 heavy (non-hydrogen) atoms. The Labute approximate surface area is 238 Å². The Morgan fingerprint density at radius 2 is 1.49 bits per heavy atom. The third-order valence-electron chi connectivity index (χ3n) is 3.42. The summed E-state index contributed by atoms with van der Waals surface area (Å²) in [6.45, 7) is 5.04. The van der Waals surface area contributed by atoms with Crippen LogP contribution in [0.5, 0.6) is 0 Å². The van der Waals surface area contributed by atoms with E-state index >= 15 is 0 Å². The van der Waals surface area contributed by atoms with Crippen molar-refractivity contribution in [2.75, 3.05) is 13.2 Å². The second-order valence-electron chi connectivity index (χ2n) is 5.61. The van der Waals surface area contributed by atoms with Gasteiger partial charge < -0.3 is 18.3 Å². The second-order valence-corrected chi connectivity index (χ2v) is 5.95. The molecule has 0 saturated carbocycles. The van der Waals surface area contributed by atoms with Crippen molar-refractivity contribution in [3.8, 4) is 11.6 Å². The number of aromatic nitrogens is 4. The first-order valence-corrected chi connectivity index (χ1v) is 14.2. The Kier molecular flexibility index (Phi) is 26.6. The van der Waals surface area contributed by atoms with Crippen molar-refractivity contribution in [1.82, 2.24) is 19.9 Å². The first-order valence-electron chi connectivity index (χ1n) is 9.88. The zero-order valence-corrected chi connectivity index (χ0v) is 23.1. The summed E-state index contributed by atoms with van der Waals surface area (Å²) < 4.78 is 20.7. The van der Waals surface area contributed by atoms with E-state index < -0.39 is 0 Å². The quantitative estimate of drug-likeness (QED) is 0.0697. The van der Waals surface area contributed by atoms with E-state index in [1.807, 2.05) is 13.8 Å². The molecule has 0 atom stereocenters. The summed E-state index contributed by atoms with van der Waals surface area (Å²) >= 11 is 6.16. The molecule has 0 radical (unpaired) electrons. The summed E-state index contributed by atoms with van der Waals surface area (Å²) in [6.07, 6.45) is 9.27. The third kappa shape index (κ3) is 16.1. The predicted molar refractivity (Wildman–Crippen MR) is 142 cm³/mol. The molecule has 0 aliphatic carbocycles. The maximum atomic E-state index is 10.3. The second kappa shape index (κ2) is 25.2. The Morgan fingerprint density at radius 1 is 0.946 bits per heavy atom. The molecule has 0 aliphatic rings. The molecule has 0 aromatic carbocycles. The van der Waals surface area contributed by atoms with Gasteiger partial charge in [0.15, 0.2) is 29.9 Å². The number of carbonyl (C=O) groups excluding carboxylic acids is 1. The Morgan fingerprint density at radius 3 is 1.86 bits per heavy atom. The average molecular weight is 607 g/mol. The number of rotatable bonds is 7. The number of aldehydes is 1. The van der Waals surface area contributed by atoms with E-state index in [1.165, 1.54) is 0 Å². The van der Waals surface area contributed by atoms with Gasteiger partial charge in [-0.2, -0.15) is 6.07 Å². The maximum absolute atomic E-state index is 10.3. The third-order valence-corrected chi connectivity index (χ3v) is 3.62. The van der Waals surface area contributed by atoms with Crippen LogP contribution in [0.3, 0.4) is 0 Å². The summed E-state index contributed by atoms with van der Waals surface area (Å²) in [5, 5.41) is 0.294. The fourth-order valence-corrected chi connectivity index (χ4v) is 2.25. The van der Waals surface area contributed by atoms with E-state index in [0.29, 0.717) is 42.1 Å². The van der Waals surface area contributed by atoms with Crippen LogP contribution >= 0.6 is 21.3 Å². The van der Waals surface area contributed by atoms with Crippen molar-refractivity contribution >= 4 is 27.6 Å². The predicted octanol–water partition coefficient (Wildman–Crippen LogP) is 7.43. The van der Waals surface area contributed by atoms with Gasteiger partial charge in [-0.15, -0.1) is 6.07 Å². The molecule has 200 valence electrons. The molecule has 0 unspecified atom stereocenters. The van der Waals surface area contributed by atoms with Gasteiger partial charge in [0.2, 0.25) is 5.28 Å². The van der Waals surface area contributed by atoms with Crippen LogP contribution in [0.25, 0.3) is 11.6 Å². The SMILES string of the molecule is C.C.C.CCOC(OCC)c1cc[c-]o1.Clc1ncccn1.O=Cc1ccc(-c2ncccn2)o1.[Cl][Zn+]. The van der Waals surface area contributed by atoms with Gasteiger partial charge in [0, 0.05) is 38.0 Å². The summed E-state index contributed by atoms with van der Waals surface area (Å²) in [5.41, 5.74) is 0. The van der Waals surface area contributed by atoms with Gasteiger partial charge in [-0.25, -0.2) is 19.9 Å². The van der Waals surface area contributed by atoms with Crippen LogP contribution in [0, 0.1) is 6.26 Å². The summed E-state index contributed by atoms with van der Waals surface area (Å²) in [7, 11) is 4.76. The molecule has 4 heterocycles. The van der Waals surface area contributed by atoms with Gasteiger partial charge in [0.05, 0.1) is 0 Å². The van der Waals surface area contributed by atoms with E-state index in [0.717, 1.165) is 17.3 Å². The van der Waals surface area contributed by atoms with E-state index in [-0.39, 0.29) is 34.3 Å².